The third-order valence-corrected chi connectivity index (χ3v) is 2.32. The van der Waals surface area contributed by atoms with E-state index < -0.39 is 0 Å². The molecule has 4 nitrogen and oxygen atoms in total. The van der Waals surface area contributed by atoms with E-state index in [2.05, 4.69) is 9.97 Å². The zero-order valence-corrected chi connectivity index (χ0v) is 11.5. The Bertz CT molecular complexity index is 477. The van der Waals surface area contributed by atoms with Gasteiger partial charge in [-0.3, -0.25) is 0 Å². The van der Waals surface area contributed by atoms with Crippen LogP contribution in [0.5, 0.6) is 5.75 Å². The van der Waals surface area contributed by atoms with E-state index in [4.69, 9.17) is 10.5 Å². The summed E-state index contributed by atoms with van der Waals surface area (Å²) in [6.07, 6.45) is 1.53. The van der Waals surface area contributed by atoms with Gasteiger partial charge in [0.1, 0.15) is 12.1 Å². The van der Waals surface area contributed by atoms with Crippen LogP contribution in [0.25, 0.3) is 11.3 Å². The highest BCUT2D eigenvalue weighted by Crippen LogP contribution is 2.20. The highest BCUT2D eigenvalue weighted by Gasteiger charge is 2.01. The van der Waals surface area contributed by atoms with Crippen molar-refractivity contribution in [3.8, 4) is 17.0 Å². The van der Waals surface area contributed by atoms with Crippen molar-refractivity contribution in [1.29, 1.82) is 0 Å². The fourth-order valence-electron chi connectivity index (χ4n) is 1.43. The number of ether oxygens (including phenoxy) is 1. The van der Waals surface area contributed by atoms with Crippen molar-refractivity contribution in [2.24, 2.45) is 5.73 Å². The molecule has 0 bridgehead atoms. The van der Waals surface area contributed by atoms with E-state index in [-0.39, 0.29) is 24.8 Å². The lowest BCUT2D eigenvalue weighted by molar-refractivity contribution is 0.415. The molecule has 0 saturated heterocycles. The summed E-state index contributed by atoms with van der Waals surface area (Å²) in [7, 11) is 1.65. The van der Waals surface area contributed by atoms with Gasteiger partial charge in [-0.05, 0) is 30.3 Å². The standard InChI is InChI=1S/C12H13N3O.2ClH/c1-16-11-4-2-9(3-5-11)12-6-10(7-13)14-8-15-12;;/h2-6,8H,7,13H2,1H3;2*1H. The number of nitrogens with zero attached hydrogens (tertiary/aromatic N) is 2. The molecule has 0 spiro atoms. The fraction of sp³-hybridized carbons (Fsp3) is 0.167. The third-order valence-electron chi connectivity index (χ3n) is 2.32. The van der Waals surface area contributed by atoms with Gasteiger partial charge in [-0.2, -0.15) is 0 Å². The summed E-state index contributed by atoms with van der Waals surface area (Å²) in [5.74, 6) is 0.830. The van der Waals surface area contributed by atoms with Crippen LogP contribution in [0.1, 0.15) is 5.69 Å². The van der Waals surface area contributed by atoms with Gasteiger partial charge in [0.05, 0.1) is 18.5 Å². The van der Waals surface area contributed by atoms with Gasteiger partial charge in [0.25, 0.3) is 0 Å². The van der Waals surface area contributed by atoms with E-state index in [1.807, 2.05) is 30.3 Å². The van der Waals surface area contributed by atoms with Gasteiger partial charge in [-0.15, -0.1) is 24.8 Å². The number of hydrogen-bond acceptors (Lipinski definition) is 4. The molecule has 0 aliphatic carbocycles. The quantitative estimate of drug-likeness (QED) is 0.942. The zero-order chi connectivity index (χ0) is 11.4. The minimum atomic E-state index is 0. The third kappa shape index (κ3) is 3.84. The molecule has 0 unspecified atom stereocenters. The highest BCUT2D eigenvalue weighted by molar-refractivity contribution is 5.85. The van der Waals surface area contributed by atoms with Gasteiger partial charge < -0.3 is 10.5 Å². The maximum Gasteiger partial charge on any atom is 0.118 e. The van der Waals surface area contributed by atoms with E-state index >= 15 is 0 Å². The molecule has 1 heterocycles. The van der Waals surface area contributed by atoms with Gasteiger partial charge in [0.2, 0.25) is 0 Å². The first-order valence-corrected chi connectivity index (χ1v) is 4.99. The minimum Gasteiger partial charge on any atom is -0.497 e. The molecule has 0 aliphatic heterocycles. The summed E-state index contributed by atoms with van der Waals surface area (Å²) in [6.45, 7) is 0.422. The molecule has 18 heavy (non-hydrogen) atoms. The Balaban J connectivity index is 0.00000144. The number of hydrogen-bond donors (Lipinski definition) is 1. The second-order valence-corrected chi connectivity index (χ2v) is 3.33. The Morgan fingerprint density at radius 1 is 1.11 bits per heavy atom. The molecule has 0 fully saturated rings. The van der Waals surface area contributed by atoms with Crippen LogP contribution < -0.4 is 10.5 Å². The summed E-state index contributed by atoms with van der Waals surface area (Å²) in [4.78, 5) is 8.26. The van der Waals surface area contributed by atoms with Crippen molar-refractivity contribution >= 4 is 24.8 Å². The summed E-state index contributed by atoms with van der Waals surface area (Å²) in [5.41, 5.74) is 8.27. The van der Waals surface area contributed by atoms with Crippen LogP contribution in [0, 0.1) is 0 Å². The molecule has 2 aromatic rings. The topological polar surface area (TPSA) is 61.0 Å². The number of methoxy groups -OCH3 is 1. The zero-order valence-electron chi connectivity index (χ0n) is 9.87. The second kappa shape index (κ2) is 7.87. The number of rotatable bonds is 3. The lowest BCUT2D eigenvalue weighted by atomic mass is 10.1. The van der Waals surface area contributed by atoms with Crippen molar-refractivity contribution in [3.05, 3.63) is 42.4 Å². The van der Waals surface area contributed by atoms with Gasteiger partial charge >= 0.3 is 0 Å². The number of aromatic nitrogens is 2. The van der Waals surface area contributed by atoms with Gasteiger partial charge in [-0.25, -0.2) is 9.97 Å². The molecule has 0 atom stereocenters. The molecule has 1 aromatic heterocycles. The average molecular weight is 288 g/mol. The van der Waals surface area contributed by atoms with Crippen LogP contribution in [-0.2, 0) is 6.54 Å². The van der Waals surface area contributed by atoms with Gasteiger partial charge in [0.15, 0.2) is 0 Å². The number of nitrogens with two attached hydrogens (primary N) is 1. The first kappa shape index (κ1) is 16.6. The predicted octanol–water partition coefficient (Wildman–Crippen LogP) is 2.45. The van der Waals surface area contributed by atoms with Crippen molar-refractivity contribution in [3.63, 3.8) is 0 Å². The van der Waals surface area contributed by atoms with E-state index in [9.17, 15) is 0 Å². The maximum atomic E-state index is 5.53. The van der Waals surface area contributed by atoms with Crippen LogP contribution in [0.2, 0.25) is 0 Å². The first-order chi connectivity index (χ1) is 7.83. The molecule has 0 radical (unpaired) electrons. The molecular weight excluding hydrogens is 273 g/mol. The van der Waals surface area contributed by atoms with Crippen LogP contribution in [0.4, 0.5) is 0 Å². The Morgan fingerprint density at radius 2 is 1.78 bits per heavy atom. The van der Waals surface area contributed by atoms with Crippen molar-refractivity contribution in [1.82, 2.24) is 9.97 Å². The fourth-order valence-corrected chi connectivity index (χ4v) is 1.43. The summed E-state index contributed by atoms with van der Waals surface area (Å²) < 4.78 is 5.10. The predicted molar refractivity (Wildman–Crippen MR) is 76.4 cm³/mol. The molecule has 0 saturated carbocycles. The average Bonchev–Trinajstić information content (AvgIpc) is 2.39. The first-order valence-electron chi connectivity index (χ1n) is 4.99. The lowest BCUT2D eigenvalue weighted by Gasteiger charge is -2.03. The largest absolute Gasteiger partial charge is 0.497 e. The highest BCUT2D eigenvalue weighted by atomic mass is 35.5. The van der Waals surface area contributed by atoms with Crippen LogP contribution in [-0.4, -0.2) is 17.1 Å². The number of halogens is 2. The van der Waals surface area contributed by atoms with E-state index in [1.54, 1.807) is 7.11 Å². The molecule has 98 valence electrons. The van der Waals surface area contributed by atoms with Crippen LogP contribution in [0.15, 0.2) is 36.7 Å². The smallest absolute Gasteiger partial charge is 0.118 e. The maximum absolute atomic E-state index is 5.53. The van der Waals surface area contributed by atoms with Crippen molar-refractivity contribution in [2.75, 3.05) is 7.11 Å². The SMILES string of the molecule is COc1ccc(-c2cc(CN)ncn2)cc1.Cl.Cl. The normalized spacial score (nSPS) is 9.00. The summed E-state index contributed by atoms with van der Waals surface area (Å²) >= 11 is 0. The Kier molecular flexibility index (Phi) is 7.27. The van der Waals surface area contributed by atoms with Gasteiger partial charge in [-0.1, -0.05) is 0 Å². The molecule has 6 heteroatoms. The molecule has 0 aliphatic rings. The molecular formula is C12H15Cl2N3O. The van der Waals surface area contributed by atoms with E-state index in [0.717, 1.165) is 22.7 Å². The Hall–Kier alpha value is -1.36. The molecule has 2 N–H and O–H groups in total. The van der Waals surface area contributed by atoms with Gasteiger partial charge in [0, 0.05) is 12.1 Å². The summed E-state index contributed by atoms with van der Waals surface area (Å²) in [6, 6.07) is 9.61. The Labute approximate surface area is 118 Å². The second-order valence-electron chi connectivity index (χ2n) is 3.33. The Morgan fingerprint density at radius 3 is 2.33 bits per heavy atom. The monoisotopic (exact) mass is 287 g/mol. The number of benzene rings is 1. The van der Waals surface area contributed by atoms with Crippen molar-refractivity contribution < 1.29 is 4.74 Å². The molecule has 2 rings (SSSR count). The van der Waals surface area contributed by atoms with E-state index in [0.29, 0.717) is 6.54 Å². The van der Waals surface area contributed by atoms with Crippen LogP contribution >= 0.6 is 24.8 Å². The van der Waals surface area contributed by atoms with Crippen molar-refractivity contribution in [2.45, 2.75) is 6.54 Å². The van der Waals surface area contributed by atoms with E-state index in [1.165, 1.54) is 6.33 Å². The summed E-state index contributed by atoms with van der Waals surface area (Å²) in [5, 5.41) is 0. The molecule has 1 aromatic carbocycles. The van der Waals surface area contributed by atoms with Crippen LogP contribution in [0.3, 0.4) is 0 Å². The molecule has 0 amide bonds. The minimum absolute atomic E-state index is 0. The lowest BCUT2D eigenvalue weighted by Crippen LogP contribution is -2.00.